The molecule has 0 aliphatic carbocycles. The molecule has 3 aromatic rings. The van der Waals surface area contributed by atoms with Gasteiger partial charge in [-0.3, -0.25) is 9.59 Å². The molecule has 1 aliphatic heterocycles. The van der Waals surface area contributed by atoms with Gasteiger partial charge in [0.05, 0.1) is 27.0 Å². The molecule has 0 saturated heterocycles. The summed E-state index contributed by atoms with van der Waals surface area (Å²) in [7, 11) is 5.94. The van der Waals surface area contributed by atoms with Gasteiger partial charge in [0, 0.05) is 28.8 Å². The van der Waals surface area contributed by atoms with Crippen molar-refractivity contribution in [1.82, 2.24) is 0 Å². The van der Waals surface area contributed by atoms with Crippen LogP contribution in [0.5, 0.6) is 23.0 Å². The first-order valence-electron chi connectivity index (χ1n) is 8.18. The molecule has 3 aromatic carbocycles. The Morgan fingerprint density at radius 1 is 0.889 bits per heavy atom. The molecule has 0 bridgehead atoms. The molecule has 1 amide bonds. The molecule has 1 heterocycles. The minimum Gasteiger partial charge on any atom is -0.504 e. The van der Waals surface area contributed by atoms with Gasteiger partial charge in [0.15, 0.2) is 23.0 Å². The van der Waals surface area contributed by atoms with Crippen LogP contribution in [0.2, 0.25) is 0 Å². The summed E-state index contributed by atoms with van der Waals surface area (Å²) in [6.45, 7) is 0. The van der Waals surface area contributed by atoms with Crippen molar-refractivity contribution in [3.8, 4) is 23.0 Å². The quantitative estimate of drug-likeness (QED) is 0.566. The number of phenolic OH excluding ortho intramolecular Hbond substituents is 1. The number of ether oxygens (including phenoxy) is 3. The highest BCUT2D eigenvalue weighted by atomic mass is 16.5. The molecule has 7 nitrogen and oxygen atoms in total. The number of benzene rings is 3. The lowest BCUT2D eigenvalue weighted by Crippen LogP contribution is -2.36. The summed E-state index contributed by atoms with van der Waals surface area (Å²) in [5.41, 5.74) is 0.715. The number of amides is 1. The Kier molecular flexibility index (Phi) is 3.62. The van der Waals surface area contributed by atoms with E-state index in [1.165, 1.54) is 39.3 Å². The molecule has 138 valence electrons. The number of nitrogens with zero attached hydrogens (tertiary/aromatic N) is 1. The van der Waals surface area contributed by atoms with Gasteiger partial charge in [0.25, 0.3) is 11.7 Å². The zero-order valence-corrected chi connectivity index (χ0v) is 15.2. The van der Waals surface area contributed by atoms with Crippen molar-refractivity contribution in [3.05, 3.63) is 29.8 Å². The van der Waals surface area contributed by atoms with Gasteiger partial charge < -0.3 is 24.2 Å². The fraction of sp³-hybridized carbons (Fsp3) is 0.200. The average Bonchev–Trinajstić information content (AvgIpc) is 2.69. The van der Waals surface area contributed by atoms with E-state index in [1.54, 1.807) is 18.2 Å². The molecule has 0 fully saturated rings. The molecule has 0 unspecified atom stereocenters. The number of ketones is 1. The van der Waals surface area contributed by atoms with E-state index < -0.39 is 11.7 Å². The number of methoxy groups -OCH3 is 3. The molecule has 0 radical (unpaired) electrons. The van der Waals surface area contributed by atoms with Crippen LogP contribution in [-0.2, 0) is 4.79 Å². The monoisotopic (exact) mass is 367 g/mol. The van der Waals surface area contributed by atoms with Gasteiger partial charge >= 0.3 is 0 Å². The normalized spacial score (nSPS) is 13.4. The average molecular weight is 367 g/mol. The Morgan fingerprint density at radius 3 is 2.22 bits per heavy atom. The van der Waals surface area contributed by atoms with E-state index in [4.69, 9.17) is 14.2 Å². The van der Waals surface area contributed by atoms with Gasteiger partial charge in [-0.2, -0.15) is 0 Å². The van der Waals surface area contributed by atoms with Gasteiger partial charge in [-0.25, -0.2) is 0 Å². The van der Waals surface area contributed by atoms with E-state index in [2.05, 4.69) is 0 Å². The summed E-state index contributed by atoms with van der Waals surface area (Å²) < 4.78 is 16.2. The lowest BCUT2D eigenvalue weighted by molar-refractivity contribution is -0.114. The van der Waals surface area contributed by atoms with E-state index in [-0.39, 0.29) is 17.1 Å². The maximum Gasteiger partial charge on any atom is 0.299 e. The molecule has 0 atom stereocenters. The fourth-order valence-electron chi connectivity index (χ4n) is 3.67. The number of anilines is 1. The number of likely N-dealkylation sites (N-methyl/N-ethyl adjacent to an activating group) is 1. The summed E-state index contributed by atoms with van der Waals surface area (Å²) in [5.74, 6) is -0.429. The van der Waals surface area contributed by atoms with Crippen molar-refractivity contribution in [3.63, 3.8) is 0 Å². The Balaban J connectivity index is 2.35. The zero-order chi connectivity index (χ0) is 19.5. The van der Waals surface area contributed by atoms with Gasteiger partial charge in [0.1, 0.15) is 0 Å². The van der Waals surface area contributed by atoms with Gasteiger partial charge in [0.2, 0.25) is 0 Å². The van der Waals surface area contributed by atoms with E-state index >= 15 is 0 Å². The van der Waals surface area contributed by atoms with Crippen LogP contribution in [0.1, 0.15) is 10.4 Å². The summed E-state index contributed by atoms with van der Waals surface area (Å²) in [5, 5.41) is 13.0. The maximum absolute atomic E-state index is 12.6. The predicted octanol–water partition coefficient (Wildman–Crippen LogP) is 2.88. The van der Waals surface area contributed by atoms with Crippen molar-refractivity contribution < 1.29 is 28.9 Å². The number of phenols is 1. The van der Waals surface area contributed by atoms with Gasteiger partial charge in [-0.1, -0.05) is 6.07 Å². The predicted molar refractivity (Wildman–Crippen MR) is 101 cm³/mol. The number of hydrogen-bond acceptors (Lipinski definition) is 6. The molecule has 4 rings (SSSR count). The first-order valence-corrected chi connectivity index (χ1v) is 8.18. The number of hydrogen-bond donors (Lipinski definition) is 1. The molecule has 27 heavy (non-hydrogen) atoms. The zero-order valence-electron chi connectivity index (χ0n) is 15.2. The van der Waals surface area contributed by atoms with Crippen LogP contribution >= 0.6 is 0 Å². The first-order chi connectivity index (χ1) is 12.9. The minimum atomic E-state index is -0.658. The number of aromatic hydroxyl groups is 1. The molecule has 1 N–H and O–H groups in total. The summed E-state index contributed by atoms with van der Waals surface area (Å²) in [6.07, 6.45) is 0. The Bertz CT molecular complexity index is 1150. The maximum atomic E-state index is 12.6. The lowest BCUT2D eigenvalue weighted by Gasteiger charge is -2.27. The number of Topliss-reactive ketones (excluding diaryl/α,β-unsaturated/α-hetero) is 1. The highest BCUT2D eigenvalue weighted by molar-refractivity contribution is 6.53. The van der Waals surface area contributed by atoms with Crippen molar-refractivity contribution >= 4 is 38.9 Å². The minimum absolute atomic E-state index is 0.103. The van der Waals surface area contributed by atoms with Crippen LogP contribution in [0.15, 0.2) is 24.3 Å². The van der Waals surface area contributed by atoms with E-state index in [0.717, 1.165) is 5.39 Å². The second kappa shape index (κ2) is 5.77. The van der Waals surface area contributed by atoms with Gasteiger partial charge in [-0.15, -0.1) is 0 Å². The molecule has 0 saturated carbocycles. The van der Waals surface area contributed by atoms with Crippen molar-refractivity contribution in [2.45, 2.75) is 0 Å². The summed E-state index contributed by atoms with van der Waals surface area (Å²) in [6, 6.07) is 6.74. The highest BCUT2D eigenvalue weighted by Gasteiger charge is 2.34. The largest absolute Gasteiger partial charge is 0.504 e. The molecular weight excluding hydrogens is 350 g/mol. The second-order valence-corrected chi connectivity index (χ2v) is 6.21. The smallest absolute Gasteiger partial charge is 0.299 e. The number of fused-ring (bicyclic) bond motifs is 2. The van der Waals surface area contributed by atoms with Crippen LogP contribution in [0.4, 0.5) is 5.69 Å². The Morgan fingerprint density at radius 2 is 1.59 bits per heavy atom. The van der Waals surface area contributed by atoms with Crippen LogP contribution in [0.3, 0.4) is 0 Å². The Hall–Kier alpha value is -3.48. The molecule has 0 spiro atoms. The van der Waals surface area contributed by atoms with E-state index in [0.29, 0.717) is 33.3 Å². The molecular formula is C20H17NO6. The molecule has 7 heteroatoms. The van der Waals surface area contributed by atoms with Crippen LogP contribution < -0.4 is 19.1 Å². The van der Waals surface area contributed by atoms with Crippen molar-refractivity contribution in [2.75, 3.05) is 33.3 Å². The first kappa shape index (κ1) is 17.0. The number of carbonyl (C=O) groups excluding carboxylic acids is 2. The number of rotatable bonds is 3. The van der Waals surface area contributed by atoms with Crippen molar-refractivity contribution in [2.24, 2.45) is 0 Å². The van der Waals surface area contributed by atoms with Crippen molar-refractivity contribution in [1.29, 1.82) is 0 Å². The topological polar surface area (TPSA) is 85.3 Å². The van der Waals surface area contributed by atoms with Crippen LogP contribution in [0, 0.1) is 0 Å². The Labute approximate surface area is 154 Å². The second-order valence-electron chi connectivity index (χ2n) is 6.21. The van der Waals surface area contributed by atoms with E-state index in [9.17, 15) is 14.7 Å². The van der Waals surface area contributed by atoms with E-state index in [1.807, 2.05) is 0 Å². The summed E-state index contributed by atoms with van der Waals surface area (Å²) in [4.78, 5) is 26.3. The third-order valence-corrected chi connectivity index (χ3v) is 4.97. The van der Waals surface area contributed by atoms with Crippen LogP contribution in [0.25, 0.3) is 21.5 Å². The highest BCUT2D eigenvalue weighted by Crippen LogP contribution is 2.50. The fourth-order valence-corrected chi connectivity index (χ4v) is 3.67. The lowest BCUT2D eigenvalue weighted by atomic mass is 9.90. The SMILES string of the molecule is COc1ccc2cc3c4c(cc(OC)c(O)c4c2c1OC)C(=O)C(=O)N3C. The molecule has 1 aliphatic rings. The molecule has 0 aromatic heterocycles. The third kappa shape index (κ3) is 2.08. The van der Waals surface area contributed by atoms with Crippen LogP contribution in [-0.4, -0.2) is 45.2 Å². The third-order valence-electron chi connectivity index (χ3n) is 4.97. The van der Waals surface area contributed by atoms with Gasteiger partial charge in [-0.05, 0) is 23.6 Å². The standard InChI is InChI=1S/C20H17NO6/c1-21-11-7-9-5-6-12(25-2)19(27-4)14(9)16-15(11)10(17(22)20(21)24)8-13(26-3)18(16)23/h5-8,23H,1-4H3. The number of carbonyl (C=O) groups is 2. The summed E-state index contributed by atoms with van der Waals surface area (Å²) >= 11 is 0.